The summed E-state index contributed by atoms with van der Waals surface area (Å²) in [5.74, 6) is 0.731. The van der Waals surface area contributed by atoms with Gasteiger partial charge in [0.2, 0.25) is 0 Å². The fraction of sp³-hybridized carbons (Fsp3) is 0.412. The molecule has 1 aliphatic carbocycles. The molecule has 2 aromatic rings. The van der Waals surface area contributed by atoms with E-state index in [9.17, 15) is 9.18 Å². The monoisotopic (exact) mass is 347 g/mol. The Labute approximate surface area is 143 Å². The summed E-state index contributed by atoms with van der Waals surface area (Å²) in [5, 5.41) is 6.52. The van der Waals surface area contributed by atoms with Gasteiger partial charge in [0.15, 0.2) is 5.13 Å². The largest absolute Gasteiger partial charge is 0.448 e. The number of thiazole rings is 1. The van der Waals surface area contributed by atoms with Crippen molar-refractivity contribution in [3.8, 4) is 0 Å². The van der Waals surface area contributed by atoms with Gasteiger partial charge in [-0.2, -0.15) is 4.39 Å². The van der Waals surface area contributed by atoms with Crippen LogP contribution in [0.2, 0.25) is 0 Å². The van der Waals surface area contributed by atoms with Crippen LogP contribution >= 0.6 is 11.3 Å². The third-order valence-electron chi connectivity index (χ3n) is 5.03. The summed E-state index contributed by atoms with van der Waals surface area (Å²) >= 11 is 1.06. The topological polar surface area (TPSA) is 63.2 Å². The summed E-state index contributed by atoms with van der Waals surface area (Å²) in [6.45, 7) is 2.40. The van der Waals surface area contributed by atoms with Crippen LogP contribution in [0.5, 0.6) is 0 Å². The third kappa shape index (κ3) is 2.67. The number of benzene rings is 1. The Morgan fingerprint density at radius 1 is 1.38 bits per heavy atom. The number of halogens is 1. The minimum absolute atomic E-state index is 0.248. The second kappa shape index (κ2) is 6.14. The molecule has 2 atom stereocenters. The van der Waals surface area contributed by atoms with E-state index in [-0.39, 0.29) is 17.2 Å². The zero-order valence-corrected chi connectivity index (χ0v) is 13.8. The summed E-state index contributed by atoms with van der Waals surface area (Å²) in [4.78, 5) is 16.2. The van der Waals surface area contributed by atoms with E-state index < -0.39 is 6.09 Å². The second-order valence-electron chi connectivity index (χ2n) is 6.30. The molecule has 1 saturated heterocycles. The average Bonchev–Trinajstić information content (AvgIpc) is 2.99. The van der Waals surface area contributed by atoms with E-state index in [0.29, 0.717) is 18.4 Å². The number of nitrogens with one attached hydrogen (secondary N) is 2. The Hall–Kier alpha value is -1.99. The van der Waals surface area contributed by atoms with Gasteiger partial charge in [-0.25, -0.2) is 9.78 Å². The second-order valence-corrected chi connectivity index (χ2v) is 7.28. The molecule has 5 nitrogen and oxygen atoms in total. The first-order valence-electron chi connectivity index (χ1n) is 7.97. The molecule has 126 valence electrons. The molecule has 2 aliphatic rings. The zero-order chi connectivity index (χ0) is 16.6. The molecule has 2 N–H and O–H groups in total. The predicted octanol–water partition coefficient (Wildman–Crippen LogP) is 2.30. The molecule has 7 heteroatoms. The van der Waals surface area contributed by atoms with Crippen LogP contribution in [0.4, 0.5) is 9.18 Å². The van der Waals surface area contributed by atoms with E-state index in [1.165, 1.54) is 6.20 Å². The lowest BCUT2D eigenvalue weighted by Crippen LogP contribution is -2.33. The number of carbonyl (C=O) groups is 1. The van der Waals surface area contributed by atoms with E-state index in [4.69, 9.17) is 4.74 Å². The highest BCUT2D eigenvalue weighted by Gasteiger charge is 2.69. The van der Waals surface area contributed by atoms with Crippen molar-refractivity contribution in [3.05, 3.63) is 52.2 Å². The molecule has 0 bridgehead atoms. The molecule has 1 aliphatic heterocycles. The molecule has 1 amide bonds. The number of amides is 1. The molecule has 1 aromatic carbocycles. The molecule has 0 radical (unpaired) electrons. The van der Waals surface area contributed by atoms with E-state index in [0.717, 1.165) is 35.0 Å². The minimum atomic E-state index is -0.451. The molecule has 1 aromatic heterocycles. The number of carbonyl (C=O) groups excluding carboxylic acids is 1. The van der Waals surface area contributed by atoms with E-state index >= 15 is 0 Å². The molecule has 0 spiro atoms. The van der Waals surface area contributed by atoms with Crippen LogP contribution in [0.25, 0.3) is 0 Å². The quantitative estimate of drug-likeness (QED) is 0.871. The van der Waals surface area contributed by atoms with Gasteiger partial charge in [0.05, 0.1) is 11.6 Å². The van der Waals surface area contributed by atoms with E-state index in [2.05, 4.69) is 15.6 Å². The molecule has 2 unspecified atom stereocenters. The van der Waals surface area contributed by atoms with Gasteiger partial charge in [-0.15, -0.1) is 0 Å². The summed E-state index contributed by atoms with van der Waals surface area (Å²) in [7, 11) is 0. The van der Waals surface area contributed by atoms with Crippen LogP contribution in [0.1, 0.15) is 10.6 Å². The van der Waals surface area contributed by atoms with Crippen LogP contribution in [-0.2, 0) is 16.7 Å². The van der Waals surface area contributed by atoms with Crippen molar-refractivity contribution in [2.75, 3.05) is 19.7 Å². The number of fused-ring (bicyclic) bond motifs is 1. The lowest BCUT2D eigenvalue weighted by molar-refractivity contribution is 0.128. The van der Waals surface area contributed by atoms with Gasteiger partial charge >= 0.3 is 6.09 Å². The minimum Gasteiger partial charge on any atom is -0.448 e. The first-order valence-corrected chi connectivity index (χ1v) is 8.79. The molecular formula is C17H18FN3O2S. The van der Waals surface area contributed by atoms with Crippen LogP contribution in [-0.4, -0.2) is 30.8 Å². The van der Waals surface area contributed by atoms with Crippen LogP contribution in [0, 0.1) is 17.0 Å². The normalized spacial score (nSPS) is 27.5. The van der Waals surface area contributed by atoms with Crippen LogP contribution in [0.3, 0.4) is 0 Å². The number of ether oxygens (including phenoxy) is 1. The highest BCUT2D eigenvalue weighted by Crippen LogP contribution is 2.62. The van der Waals surface area contributed by atoms with Gasteiger partial charge < -0.3 is 15.4 Å². The number of hydrogen-bond acceptors (Lipinski definition) is 5. The standard InChI is InChI=1S/C17H18FN3O2S/c18-14-9-20-15(24-14)17(12-7-19-8-13(12)17)10-23-16(22)21-6-11-4-2-1-3-5-11/h1-5,9,12-13,19H,6-8,10H2,(H,21,22). The first-order chi connectivity index (χ1) is 11.7. The van der Waals surface area contributed by atoms with Crippen LogP contribution < -0.4 is 10.6 Å². The van der Waals surface area contributed by atoms with Crippen molar-refractivity contribution < 1.29 is 13.9 Å². The van der Waals surface area contributed by atoms with E-state index in [1.54, 1.807) is 0 Å². The van der Waals surface area contributed by atoms with Crippen LogP contribution in [0.15, 0.2) is 36.5 Å². The van der Waals surface area contributed by atoms with Crippen molar-refractivity contribution in [1.82, 2.24) is 15.6 Å². The van der Waals surface area contributed by atoms with Gasteiger partial charge in [0, 0.05) is 6.54 Å². The lowest BCUT2D eigenvalue weighted by atomic mass is 10.0. The molecule has 24 heavy (non-hydrogen) atoms. The Morgan fingerprint density at radius 3 is 2.79 bits per heavy atom. The first kappa shape index (κ1) is 15.5. The Balaban J connectivity index is 1.37. The summed E-state index contributed by atoms with van der Waals surface area (Å²) in [5.41, 5.74) is 0.698. The Kier molecular flexibility index (Phi) is 3.97. The highest BCUT2D eigenvalue weighted by atomic mass is 32.1. The average molecular weight is 347 g/mol. The van der Waals surface area contributed by atoms with Gasteiger partial charge in [-0.3, -0.25) is 0 Å². The molecule has 4 rings (SSSR count). The Bertz CT molecular complexity index is 726. The Morgan fingerprint density at radius 2 is 2.12 bits per heavy atom. The molecule has 1 saturated carbocycles. The number of rotatable bonds is 5. The fourth-order valence-corrected chi connectivity index (χ4v) is 4.66. The zero-order valence-electron chi connectivity index (χ0n) is 13.0. The van der Waals surface area contributed by atoms with Gasteiger partial charge in [0.1, 0.15) is 11.6 Å². The maximum absolute atomic E-state index is 13.4. The van der Waals surface area contributed by atoms with Crippen molar-refractivity contribution in [2.24, 2.45) is 11.8 Å². The van der Waals surface area contributed by atoms with E-state index in [1.807, 2.05) is 30.3 Å². The van der Waals surface area contributed by atoms with Gasteiger partial charge in [-0.05, 0) is 30.5 Å². The van der Waals surface area contributed by atoms with Crippen molar-refractivity contribution in [2.45, 2.75) is 12.0 Å². The number of hydrogen-bond donors (Lipinski definition) is 2. The number of aromatic nitrogens is 1. The maximum atomic E-state index is 13.4. The summed E-state index contributed by atoms with van der Waals surface area (Å²) in [6.07, 6.45) is 0.798. The maximum Gasteiger partial charge on any atom is 0.407 e. The summed E-state index contributed by atoms with van der Waals surface area (Å²) in [6, 6.07) is 9.66. The molecule has 2 fully saturated rings. The molecular weight excluding hydrogens is 329 g/mol. The van der Waals surface area contributed by atoms with Crippen molar-refractivity contribution in [3.63, 3.8) is 0 Å². The van der Waals surface area contributed by atoms with Gasteiger partial charge in [-0.1, -0.05) is 41.7 Å². The van der Waals surface area contributed by atoms with Gasteiger partial charge in [0.25, 0.3) is 0 Å². The number of nitrogens with zero attached hydrogens (tertiary/aromatic N) is 1. The third-order valence-corrected chi connectivity index (χ3v) is 6.01. The molecule has 2 heterocycles. The SMILES string of the molecule is O=C(NCc1ccccc1)OCC1(c2ncc(F)s2)C2CNCC21. The van der Waals surface area contributed by atoms with Crippen molar-refractivity contribution in [1.29, 1.82) is 0 Å². The van der Waals surface area contributed by atoms with Crippen molar-refractivity contribution >= 4 is 17.4 Å². The smallest absolute Gasteiger partial charge is 0.407 e. The highest BCUT2D eigenvalue weighted by molar-refractivity contribution is 7.10. The number of alkyl carbamates (subject to hydrolysis) is 1. The number of piperidine rings is 1. The lowest BCUT2D eigenvalue weighted by Gasteiger charge is -2.19. The predicted molar refractivity (Wildman–Crippen MR) is 88.2 cm³/mol. The fourth-order valence-electron chi connectivity index (χ4n) is 3.72. The summed E-state index contributed by atoms with van der Waals surface area (Å²) < 4.78 is 18.8.